The topological polar surface area (TPSA) is 209 Å². The number of esters is 2. The number of halogens is 1. The van der Waals surface area contributed by atoms with Crippen LogP contribution in [0.1, 0.15) is 55.3 Å². The van der Waals surface area contributed by atoms with Gasteiger partial charge < -0.3 is 36.3 Å². The van der Waals surface area contributed by atoms with Gasteiger partial charge in [-0.1, -0.05) is 12.7 Å². The molecule has 13 nitrogen and oxygen atoms in total. The summed E-state index contributed by atoms with van der Waals surface area (Å²) in [7, 11) is 1.44. The third-order valence-electron chi connectivity index (χ3n) is 6.72. The number of nitrogens with two attached hydrogens (primary N) is 2. The number of amidine groups is 1. The van der Waals surface area contributed by atoms with Crippen LogP contribution in [0, 0.1) is 11.3 Å². The van der Waals surface area contributed by atoms with E-state index in [0.717, 1.165) is 12.8 Å². The minimum atomic E-state index is -1.01. The molecule has 0 spiro atoms. The number of carbonyl (C=O) groups excluding carboxylic acids is 4. The first-order chi connectivity index (χ1) is 21.1. The third kappa shape index (κ3) is 8.65. The highest BCUT2D eigenvalue weighted by Gasteiger charge is 2.26. The molecule has 1 heterocycles. The fourth-order valence-electron chi connectivity index (χ4n) is 4.16. The lowest BCUT2D eigenvalue weighted by Crippen LogP contribution is -2.27. The largest absolute Gasteiger partial charge is 0.496 e. The Balaban J connectivity index is 0.00000552. The van der Waals surface area contributed by atoms with E-state index in [9.17, 15) is 19.2 Å². The Morgan fingerprint density at radius 2 is 1.76 bits per heavy atom. The van der Waals surface area contributed by atoms with Gasteiger partial charge in [-0.05, 0) is 67.3 Å². The predicted molar refractivity (Wildman–Crippen MR) is 169 cm³/mol. The maximum absolute atomic E-state index is 13.7. The smallest absolute Gasteiger partial charge is 0.360 e. The molecule has 3 aromatic rings. The van der Waals surface area contributed by atoms with Crippen LogP contribution in [-0.4, -0.2) is 61.6 Å². The molecular formula is C31H33ClN6O7. The van der Waals surface area contributed by atoms with Crippen molar-refractivity contribution >= 4 is 53.8 Å². The van der Waals surface area contributed by atoms with E-state index in [-0.39, 0.29) is 46.3 Å². The van der Waals surface area contributed by atoms with Gasteiger partial charge in [0.2, 0.25) is 6.79 Å². The summed E-state index contributed by atoms with van der Waals surface area (Å²) in [5.41, 5.74) is 12.3. The van der Waals surface area contributed by atoms with Gasteiger partial charge in [0.15, 0.2) is 5.69 Å². The van der Waals surface area contributed by atoms with Gasteiger partial charge in [-0.3, -0.25) is 19.8 Å². The van der Waals surface area contributed by atoms with Crippen molar-refractivity contribution in [3.8, 4) is 16.9 Å². The first-order valence-corrected chi connectivity index (χ1v) is 13.6. The van der Waals surface area contributed by atoms with E-state index in [1.807, 2.05) is 0 Å². The van der Waals surface area contributed by atoms with Crippen LogP contribution in [-0.2, 0) is 14.3 Å². The number of anilines is 1. The summed E-state index contributed by atoms with van der Waals surface area (Å²) in [6.45, 7) is 3.12. The van der Waals surface area contributed by atoms with Crippen LogP contribution in [0.4, 0.5) is 5.69 Å². The number of nitrogens with one attached hydrogen (secondary N) is 3. The summed E-state index contributed by atoms with van der Waals surface area (Å²) in [6, 6.07) is 12.3. The summed E-state index contributed by atoms with van der Waals surface area (Å²) >= 11 is 0. The van der Waals surface area contributed by atoms with Crippen LogP contribution in [0.15, 0.2) is 55.1 Å². The van der Waals surface area contributed by atoms with E-state index in [1.54, 1.807) is 30.3 Å². The number of nitrogen functional groups attached to an aromatic ring is 1. The Kier molecular flexibility index (Phi) is 11.8. The Labute approximate surface area is 265 Å². The van der Waals surface area contributed by atoms with Gasteiger partial charge in [0, 0.05) is 40.0 Å². The summed E-state index contributed by atoms with van der Waals surface area (Å²) in [6.07, 6.45) is 3.56. The second-order valence-electron chi connectivity index (χ2n) is 9.81. The quantitative estimate of drug-likeness (QED) is 0.0801. The van der Waals surface area contributed by atoms with E-state index in [1.165, 1.54) is 31.4 Å². The maximum Gasteiger partial charge on any atom is 0.360 e. The molecular weight excluding hydrogens is 604 g/mol. The van der Waals surface area contributed by atoms with Crippen molar-refractivity contribution in [2.75, 3.05) is 32.3 Å². The van der Waals surface area contributed by atoms with Crippen LogP contribution < -0.4 is 26.8 Å². The maximum atomic E-state index is 13.7. The third-order valence-corrected chi connectivity index (χ3v) is 6.72. The van der Waals surface area contributed by atoms with E-state index >= 15 is 0 Å². The molecule has 45 heavy (non-hydrogen) atoms. The van der Waals surface area contributed by atoms with Crippen molar-refractivity contribution in [2.24, 2.45) is 17.4 Å². The Morgan fingerprint density at radius 3 is 2.36 bits per heavy atom. The fraction of sp³-hybridized carbons (Fsp3) is 0.226. The summed E-state index contributed by atoms with van der Waals surface area (Å²) in [5.74, 6) is -2.21. The molecule has 7 N–H and O–H groups in total. The molecule has 14 heteroatoms. The number of hydrogen-bond acceptors (Lipinski definition) is 10. The lowest BCUT2D eigenvalue weighted by Gasteiger charge is -2.17. The zero-order valence-corrected chi connectivity index (χ0v) is 25.2. The average Bonchev–Trinajstić information content (AvgIpc) is 3.87. The SMILES string of the molecule is C=Cc1cc(C(=O)Nc2ccc(C(=N)N)cc2)c(-c2ccc(C(=O)NCC3CC3)nc2C(=O)OCOC(=O)CN)cc1OC.Cl. The Bertz CT molecular complexity index is 1620. The van der Waals surface area contributed by atoms with Crippen LogP contribution in [0.25, 0.3) is 17.2 Å². The van der Waals surface area contributed by atoms with Gasteiger partial charge in [0.1, 0.15) is 17.3 Å². The monoisotopic (exact) mass is 636 g/mol. The van der Waals surface area contributed by atoms with Crippen molar-refractivity contribution in [3.05, 3.63) is 83.2 Å². The highest BCUT2D eigenvalue weighted by molar-refractivity contribution is 6.11. The Hall–Kier alpha value is -5.27. The number of methoxy groups -OCH3 is 1. The molecule has 0 unspecified atom stereocenters. The fourth-order valence-corrected chi connectivity index (χ4v) is 4.16. The highest BCUT2D eigenvalue weighted by atomic mass is 35.5. The van der Waals surface area contributed by atoms with Gasteiger partial charge in [-0.15, -0.1) is 12.4 Å². The minimum Gasteiger partial charge on any atom is -0.496 e. The molecule has 2 amide bonds. The summed E-state index contributed by atoms with van der Waals surface area (Å²) in [5, 5.41) is 13.2. The standard InChI is InChI=1S/C31H32N6O7.ClH/c1-3-18-12-23(29(39)36-20-8-6-19(7-9-20)28(33)34)22(13-25(18)42-2)21-10-11-24(30(40)35-15-17-4-5-17)37-27(21)31(41)44-16-43-26(38)14-32;/h3,6-13,17H,1,4-5,14-16,32H2,2H3,(H3,33,34)(H,35,40)(H,36,39);1H. The molecule has 236 valence electrons. The lowest BCUT2D eigenvalue weighted by molar-refractivity contribution is -0.150. The number of ether oxygens (including phenoxy) is 3. The molecule has 1 fully saturated rings. The van der Waals surface area contributed by atoms with Crippen molar-refractivity contribution in [3.63, 3.8) is 0 Å². The molecule has 0 aliphatic heterocycles. The molecule has 1 aromatic heterocycles. The minimum absolute atomic E-state index is 0. The van der Waals surface area contributed by atoms with Crippen molar-refractivity contribution < 1.29 is 33.4 Å². The number of carbonyl (C=O) groups is 4. The van der Waals surface area contributed by atoms with Gasteiger partial charge in [0.05, 0.1) is 13.7 Å². The number of aromatic nitrogens is 1. The van der Waals surface area contributed by atoms with Crippen LogP contribution in [0.2, 0.25) is 0 Å². The van der Waals surface area contributed by atoms with Crippen LogP contribution in [0.3, 0.4) is 0 Å². The average molecular weight is 637 g/mol. The van der Waals surface area contributed by atoms with Crippen molar-refractivity contribution in [2.45, 2.75) is 12.8 Å². The molecule has 4 rings (SSSR count). The predicted octanol–water partition coefficient (Wildman–Crippen LogP) is 3.11. The van der Waals surface area contributed by atoms with E-state index < -0.39 is 37.1 Å². The first-order valence-electron chi connectivity index (χ1n) is 13.6. The van der Waals surface area contributed by atoms with Crippen molar-refractivity contribution in [1.82, 2.24) is 10.3 Å². The van der Waals surface area contributed by atoms with Gasteiger partial charge in [-0.25, -0.2) is 9.78 Å². The van der Waals surface area contributed by atoms with E-state index in [0.29, 0.717) is 35.0 Å². The second-order valence-corrected chi connectivity index (χ2v) is 9.81. The molecule has 0 atom stereocenters. The summed E-state index contributed by atoms with van der Waals surface area (Å²) in [4.78, 5) is 55.5. The second kappa shape index (κ2) is 15.5. The number of rotatable bonds is 13. The molecule has 0 radical (unpaired) electrons. The molecule has 2 aromatic carbocycles. The normalized spacial score (nSPS) is 11.8. The molecule has 1 aliphatic rings. The molecule has 1 aliphatic carbocycles. The number of benzene rings is 2. The first kappa shape index (κ1) is 34.2. The number of amides is 2. The lowest BCUT2D eigenvalue weighted by atomic mass is 9.94. The van der Waals surface area contributed by atoms with Crippen LogP contribution in [0.5, 0.6) is 5.75 Å². The Morgan fingerprint density at radius 1 is 1.04 bits per heavy atom. The highest BCUT2D eigenvalue weighted by Crippen LogP contribution is 2.35. The molecule has 0 bridgehead atoms. The number of pyridine rings is 1. The zero-order valence-electron chi connectivity index (χ0n) is 24.4. The van der Waals surface area contributed by atoms with Crippen molar-refractivity contribution in [1.29, 1.82) is 5.41 Å². The molecule has 0 saturated heterocycles. The summed E-state index contributed by atoms with van der Waals surface area (Å²) < 4.78 is 15.4. The van der Waals surface area contributed by atoms with E-state index in [4.69, 9.17) is 31.1 Å². The van der Waals surface area contributed by atoms with E-state index in [2.05, 4.69) is 22.2 Å². The van der Waals surface area contributed by atoms with Gasteiger partial charge in [-0.2, -0.15) is 0 Å². The number of hydrogen-bond donors (Lipinski definition) is 5. The zero-order chi connectivity index (χ0) is 31.8. The van der Waals surface area contributed by atoms with Gasteiger partial charge in [0.25, 0.3) is 11.8 Å². The van der Waals surface area contributed by atoms with Gasteiger partial charge >= 0.3 is 11.9 Å². The number of nitrogens with zero attached hydrogens (tertiary/aromatic N) is 1. The van der Waals surface area contributed by atoms with Crippen LogP contribution >= 0.6 is 12.4 Å². The molecule has 1 saturated carbocycles.